The van der Waals surface area contributed by atoms with E-state index in [0.717, 1.165) is 18.8 Å². The van der Waals surface area contributed by atoms with Gasteiger partial charge in [-0.05, 0) is 55.9 Å². The van der Waals surface area contributed by atoms with Gasteiger partial charge in [0.2, 0.25) is 5.91 Å². The van der Waals surface area contributed by atoms with E-state index >= 15 is 0 Å². The van der Waals surface area contributed by atoms with Gasteiger partial charge in [0.1, 0.15) is 0 Å². The van der Waals surface area contributed by atoms with Crippen molar-refractivity contribution in [1.29, 1.82) is 0 Å². The Morgan fingerprint density at radius 3 is 2.75 bits per heavy atom. The second-order valence-electron chi connectivity index (χ2n) is 7.06. The Morgan fingerprint density at radius 1 is 1.21 bits per heavy atom. The topological polar surface area (TPSA) is 68.8 Å². The fourth-order valence-electron chi connectivity index (χ4n) is 3.72. The number of benzene rings is 1. The Bertz CT molecular complexity index is 762. The zero-order valence-corrected chi connectivity index (χ0v) is 17.3. The molecule has 2 unspecified atom stereocenters. The first-order valence-corrected chi connectivity index (χ1v) is 10.6. The fraction of sp³-hybridized carbons (Fsp3) is 0.429. The molecule has 0 bridgehead atoms. The molecule has 1 aromatic heterocycles. The predicted molar refractivity (Wildman–Crippen MR) is 117 cm³/mol. The molecule has 6 nitrogen and oxygen atoms in total. The van der Waals surface area contributed by atoms with Crippen LogP contribution in [0.15, 0.2) is 52.8 Å². The number of hydrogen-bond donors (Lipinski definition) is 3. The van der Waals surface area contributed by atoms with Gasteiger partial charge < -0.3 is 16.0 Å². The predicted octanol–water partition coefficient (Wildman–Crippen LogP) is 2.93. The van der Waals surface area contributed by atoms with E-state index in [1.807, 2.05) is 41.7 Å². The second kappa shape index (κ2) is 10.2. The van der Waals surface area contributed by atoms with Crippen molar-refractivity contribution in [2.24, 2.45) is 10.9 Å². The lowest BCUT2D eigenvalue weighted by Crippen LogP contribution is -2.46. The van der Waals surface area contributed by atoms with Crippen molar-refractivity contribution < 1.29 is 4.79 Å². The number of anilines is 1. The number of piperidine rings is 1. The summed E-state index contributed by atoms with van der Waals surface area (Å²) >= 11 is 1.82. The second-order valence-corrected chi connectivity index (χ2v) is 8.04. The van der Waals surface area contributed by atoms with Gasteiger partial charge in [-0.15, -0.1) is 11.3 Å². The molecule has 1 saturated heterocycles. The Kier molecular flexibility index (Phi) is 7.45. The molecule has 1 aromatic carbocycles. The summed E-state index contributed by atoms with van der Waals surface area (Å²) in [6, 6.07) is 14.2. The third-order valence-electron chi connectivity index (χ3n) is 5.07. The maximum absolute atomic E-state index is 12.1. The number of hydrogen-bond acceptors (Lipinski definition) is 4. The summed E-state index contributed by atoms with van der Waals surface area (Å²) in [6.07, 6.45) is 2.39. The van der Waals surface area contributed by atoms with Crippen LogP contribution in [0.25, 0.3) is 0 Å². The molecule has 3 rings (SSSR count). The number of nitrogens with one attached hydrogen (secondary N) is 3. The highest BCUT2D eigenvalue weighted by molar-refractivity contribution is 7.10. The molecule has 3 N–H and O–H groups in total. The molecular formula is C21H29N5OS. The van der Waals surface area contributed by atoms with Crippen LogP contribution in [0.3, 0.4) is 0 Å². The number of nitrogens with zero attached hydrogens (tertiary/aromatic N) is 2. The zero-order valence-electron chi connectivity index (χ0n) is 16.5. The summed E-state index contributed by atoms with van der Waals surface area (Å²) in [5.41, 5.74) is 0.793. The summed E-state index contributed by atoms with van der Waals surface area (Å²) < 4.78 is 0. The Balaban J connectivity index is 1.49. The smallest absolute Gasteiger partial charge is 0.243 e. The van der Waals surface area contributed by atoms with Crippen LogP contribution in [-0.2, 0) is 4.79 Å². The first-order valence-electron chi connectivity index (χ1n) is 9.70. The average molecular weight is 400 g/mol. The van der Waals surface area contributed by atoms with Gasteiger partial charge in [0, 0.05) is 30.2 Å². The average Bonchev–Trinajstić information content (AvgIpc) is 3.23. The molecule has 7 heteroatoms. The number of amides is 1. The van der Waals surface area contributed by atoms with E-state index in [1.165, 1.54) is 17.7 Å². The van der Waals surface area contributed by atoms with Crippen molar-refractivity contribution in [3.8, 4) is 0 Å². The standard InChI is InChI=1S/C21H29N5OS/c1-22-21(24-15-19(27)25-17-9-4-3-5-10-17)23-14-16-8-6-12-26(2)20(16)18-11-7-13-28-18/h3-5,7,9-11,13,16,20H,6,8,12,14-15H2,1-2H3,(H,25,27)(H2,22,23,24). The number of aliphatic imine (C=N–C) groups is 1. The van der Waals surface area contributed by atoms with E-state index in [-0.39, 0.29) is 12.5 Å². The third kappa shape index (κ3) is 5.56. The molecule has 1 aliphatic rings. The number of carbonyl (C=O) groups excluding carboxylic acids is 1. The number of para-hydroxylation sites is 1. The minimum absolute atomic E-state index is 0.0944. The van der Waals surface area contributed by atoms with E-state index in [4.69, 9.17) is 0 Å². The SMILES string of the molecule is CN=C(NCC(=O)Nc1ccccc1)NCC1CCCN(C)C1c1cccs1. The summed E-state index contributed by atoms with van der Waals surface area (Å²) in [5, 5.41) is 11.5. The minimum atomic E-state index is -0.0944. The number of likely N-dealkylation sites (tertiary alicyclic amines) is 1. The molecule has 2 atom stereocenters. The minimum Gasteiger partial charge on any atom is -0.356 e. The molecule has 2 aromatic rings. The van der Waals surface area contributed by atoms with Crippen molar-refractivity contribution in [2.75, 3.05) is 39.0 Å². The summed E-state index contributed by atoms with van der Waals surface area (Å²) in [7, 11) is 3.94. The molecule has 0 radical (unpaired) electrons. The molecule has 1 aliphatic heterocycles. The highest BCUT2D eigenvalue weighted by Crippen LogP contribution is 2.36. The molecule has 1 fully saturated rings. The van der Waals surface area contributed by atoms with E-state index in [9.17, 15) is 4.79 Å². The van der Waals surface area contributed by atoms with Gasteiger partial charge in [-0.2, -0.15) is 0 Å². The van der Waals surface area contributed by atoms with Crippen LogP contribution in [0.4, 0.5) is 5.69 Å². The molecule has 1 amide bonds. The van der Waals surface area contributed by atoms with Crippen LogP contribution in [0.1, 0.15) is 23.8 Å². The summed E-state index contributed by atoms with van der Waals surface area (Å²) in [4.78, 5) is 20.3. The molecule has 150 valence electrons. The van der Waals surface area contributed by atoms with E-state index < -0.39 is 0 Å². The van der Waals surface area contributed by atoms with E-state index in [0.29, 0.717) is 17.9 Å². The summed E-state index contributed by atoms with van der Waals surface area (Å²) in [5.74, 6) is 1.07. The van der Waals surface area contributed by atoms with Crippen molar-refractivity contribution in [1.82, 2.24) is 15.5 Å². The van der Waals surface area contributed by atoms with E-state index in [1.54, 1.807) is 7.05 Å². The quantitative estimate of drug-likeness (QED) is 0.516. The highest BCUT2D eigenvalue weighted by Gasteiger charge is 2.31. The maximum atomic E-state index is 12.1. The van der Waals surface area contributed by atoms with Crippen LogP contribution >= 0.6 is 11.3 Å². The lowest BCUT2D eigenvalue weighted by Gasteiger charge is -2.39. The Hall–Kier alpha value is -2.38. The van der Waals surface area contributed by atoms with Crippen LogP contribution < -0.4 is 16.0 Å². The van der Waals surface area contributed by atoms with Crippen molar-refractivity contribution in [3.05, 3.63) is 52.7 Å². The van der Waals surface area contributed by atoms with Crippen LogP contribution in [0.5, 0.6) is 0 Å². The van der Waals surface area contributed by atoms with Gasteiger partial charge in [0.05, 0.1) is 6.54 Å². The normalized spacial score (nSPS) is 20.6. The molecule has 0 aliphatic carbocycles. The maximum Gasteiger partial charge on any atom is 0.243 e. The zero-order chi connectivity index (χ0) is 19.8. The number of thiophene rings is 1. The highest BCUT2D eigenvalue weighted by atomic mass is 32.1. The van der Waals surface area contributed by atoms with Crippen LogP contribution in [0.2, 0.25) is 0 Å². The Labute approximate surface area is 171 Å². The van der Waals surface area contributed by atoms with Crippen molar-refractivity contribution in [3.63, 3.8) is 0 Å². The summed E-state index contributed by atoms with van der Waals surface area (Å²) in [6.45, 7) is 2.13. The molecule has 2 heterocycles. The number of carbonyl (C=O) groups is 1. The van der Waals surface area contributed by atoms with Crippen molar-refractivity contribution >= 4 is 28.9 Å². The lowest BCUT2D eigenvalue weighted by molar-refractivity contribution is -0.115. The molecule has 0 spiro atoms. The van der Waals surface area contributed by atoms with Gasteiger partial charge in [-0.25, -0.2) is 0 Å². The monoisotopic (exact) mass is 399 g/mol. The van der Waals surface area contributed by atoms with Crippen LogP contribution in [0, 0.1) is 5.92 Å². The largest absolute Gasteiger partial charge is 0.356 e. The first kappa shape index (κ1) is 20.4. The van der Waals surface area contributed by atoms with Crippen LogP contribution in [-0.4, -0.2) is 50.5 Å². The van der Waals surface area contributed by atoms with Gasteiger partial charge in [0.25, 0.3) is 0 Å². The fourth-order valence-corrected chi connectivity index (χ4v) is 4.70. The number of guanidine groups is 1. The Morgan fingerprint density at radius 2 is 2.04 bits per heavy atom. The molecule has 28 heavy (non-hydrogen) atoms. The van der Waals surface area contributed by atoms with Gasteiger partial charge >= 0.3 is 0 Å². The van der Waals surface area contributed by atoms with Gasteiger partial charge in [-0.3, -0.25) is 14.7 Å². The molecular weight excluding hydrogens is 370 g/mol. The van der Waals surface area contributed by atoms with Gasteiger partial charge in [0.15, 0.2) is 5.96 Å². The van der Waals surface area contributed by atoms with Crippen molar-refractivity contribution in [2.45, 2.75) is 18.9 Å². The third-order valence-corrected chi connectivity index (χ3v) is 6.01. The molecule has 0 saturated carbocycles. The first-order chi connectivity index (χ1) is 13.7. The van der Waals surface area contributed by atoms with Gasteiger partial charge in [-0.1, -0.05) is 24.3 Å². The lowest BCUT2D eigenvalue weighted by atomic mass is 9.88. The number of rotatable bonds is 6. The van der Waals surface area contributed by atoms with E-state index in [2.05, 4.69) is 50.4 Å².